The minimum atomic E-state index is -4.44. The normalized spacial score (nSPS) is 20.5. The van der Waals surface area contributed by atoms with Crippen LogP contribution >= 0.6 is 0 Å². The van der Waals surface area contributed by atoms with E-state index >= 15 is 0 Å². The molecule has 0 saturated heterocycles. The van der Waals surface area contributed by atoms with Crippen LogP contribution in [0.5, 0.6) is 0 Å². The lowest BCUT2D eigenvalue weighted by Crippen LogP contribution is -2.33. The molecule has 0 aliphatic heterocycles. The SMILES string of the molecule is N[C@H](c1ccccc1C(F)(F)F)[C@@H](O)C1CCCC1. The van der Waals surface area contributed by atoms with Gasteiger partial charge >= 0.3 is 6.18 Å². The molecule has 0 bridgehead atoms. The quantitative estimate of drug-likeness (QED) is 0.888. The molecule has 0 heterocycles. The van der Waals surface area contributed by atoms with Gasteiger partial charge in [0.1, 0.15) is 0 Å². The van der Waals surface area contributed by atoms with Gasteiger partial charge in [-0.1, -0.05) is 31.0 Å². The highest BCUT2D eigenvalue weighted by Gasteiger charge is 2.37. The second-order valence-electron chi connectivity index (χ2n) is 5.15. The van der Waals surface area contributed by atoms with E-state index in [9.17, 15) is 18.3 Å². The first-order chi connectivity index (χ1) is 8.91. The van der Waals surface area contributed by atoms with Crippen LogP contribution in [0.3, 0.4) is 0 Å². The summed E-state index contributed by atoms with van der Waals surface area (Å²) in [5.41, 5.74) is 5.10. The Balaban J connectivity index is 2.25. The number of benzene rings is 1. The maximum Gasteiger partial charge on any atom is 0.416 e. The molecule has 19 heavy (non-hydrogen) atoms. The first-order valence-corrected chi connectivity index (χ1v) is 6.51. The van der Waals surface area contributed by atoms with Crippen molar-refractivity contribution in [2.75, 3.05) is 0 Å². The Labute approximate surface area is 110 Å². The molecule has 1 aliphatic carbocycles. The number of aliphatic hydroxyl groups is 1. The lowest BCUT2D eigenvalue weighted by atomic mass is 9.88. The summed E-state index contributed by atoms with van der Waals surface area (Å²) in [6, 6.07) is 4.23. The van der Waals surface area contributed by atoms with Crippen molar-refractivity contribution in [2.45, 2.75) is 44.0 Å². The lowest BCUT2D eigenvalue weighted by molar-refractivity contribution is -0.138. The van der Waals surface area contributed by atoms with Crippen LogP contribution in [-0.4, -0.2) is 11.2 Å². The van der Waals surface area contributed by atoms with E-state index in [-0.39, 0.29) is 11.5 Å². The van der Waals surface area contributed by atoms with Crippen molar-refractivity contribution in [3.8, 4) is 0 Å². The first kappa shape index (κ1) is 14.3. The smallest absolute Gasteiger partial charge is 0.391 e. The van der Waals surface area contributed by atoms with Crippen LogP contribution in [0.25, 0.3) is 0 Å². The number of halogens is 3. The van der Waals surface area contributed by atoms with E-state index in [1.165, 1.54) is 18.2 Å². The second-order valence-corrected chi connectivity index (χ2v) is 5.15. The number of rotatable bonds is 3. The Bertz CT molecular complexity index is 427. The molecule has 2 rings (SSSR count). The van der Waals surface area contributed by atoms with E-state index in [0.29, 0.717) is 0 Å². The minimum absolute atomic E-state index is 0.0105. The summed E-state index contributed by atoms with van der Waals surface area (Å²) >= 11 is 0. The largest absolute Gasteiger partial charge is 0.416 e. The summed E-state index contributed by atoms with van der Waals surface area (Å²) in [6.07, 6.45) is -1.66. The van der Waals surface area contributed by atoms with Crippen LogP contribution in [-0.2, 0) is 6.18 Å². The van der Waals surface area contributed by atoms with Crippen molar-refractivity contribution in [3.63, 3.8) is 0 Å². The van der Waals surface area contributed by atoms with Crippen LogP contribution in [0, 0.1) is 5.92 Å². The van der Waals surface area contributed by atoms with Crippen molar-refractivity contribution >= 4 is 0 Å². The molecule has 1 aromatic carbocycles. The lowest BCUT2D eigenvalue weighted by Gasteiger charge is -2.26. The first-order valence-electron chi connectivity index (χ1n) is 6.51. The predicted octanol–water partition coefficient (Wildman–Crippen LogP) is 3.26. The van der Waals surface area contributed by atoms with Gasteiger partial charge in [0.25, 0.3) is 0 Å². The molecule has 1 aromatic rings. The van der Waals surface area contributed by atoms with Crippen molar-refractivity contribution < 1.29 is 18.3 Å². The van der Waals surface area contributed by atoms with Crippen LogP contribution in [0.2, 0.25) is 0 Å². The third kappa shape index (κ3) is 3.09. The molecule has 3 N–H and O–H groups in total. The monoisotopic (exact) mass is 273 g/mol. The minimum Gasteiger partial charge on any atom is -0.391 e. The highest BCUT2D eigenvalue weighted by atomic mass is 19.4. The van der Waals surface area contributed by atoms with E-state index in [1.807, 2.05) is 0 Å². The van der Waals surface area contributed by atoms with Gasteiger partial charge in [0, 0.05) is 0 Å². The molecule has 0 amide bonds. The average Bonchev–Trinajstić information content (AvgIpc) is 2.90. The fourth-order valence-corrected chi connectivity index (χ4v) is 2.82. The Morgan fingerprint density at radius 1 is 1.16 bits per heavy atom. The van der Waals surface area contributed by atoms with Gasteiger partial charge in [0.05, 0.1) is 17.7 Å². The fourth-order valence-electron chi connectivity index (χ4n) is 2.82. The molecule has 0 radical (unpaired) electrons. The Morgan fingerprint density at radius 3 is 2.32 bits per heavy atom. The van der Waals surface area contributed by atoms with E-state index in [0.717, 1.165) is 31.7 Å². The maximum atomic E-state index is 12.9. The van der Waals surface area contributed by atoms with Crippen LogP contribution in [0.15, 0.2) is 24.3 Å². The summed E-state index contributed by atoms with van der Waals surface area (Å²) < 4.78 is 38.7. The van der Waals surface area contributed by atoms with Crippen LogP contribution in [0.1, 0.15) is 42.9 Å². The highest BCUT2D eigenvalue weighted by Crippen LogP contribution is 2.38. The number of aliphatic hydroxyl groups excluding tert-OH is 1. The van der Waals surface area contributed by atoms with E-state index in [2.05, 4.69) is 0 Å². The van der Waals surface area contributed by atoms with Crippen molar-refractivity contribution in [1.29, 1.82) is 0 Å². The van der Waals surface area contributed by atoms with Gasteiger partial charge in [-0.25, -0.2) is 0 Å². The van der Waals surface area contributed by atoms with Crippen molar-refractivity contribution in [1.82, 2.24) is 0 Å². The molecule has 2 nitrogen and oxygen atoms in total. The zero-order chi connectivity index (χ0) is 14.0. The molecule has 106 valence electrons. The van der Waals surface area contributed by atoms with E-state index < -0.39 is 23.9 Å². The third-order valence-electron chi connectivity index (χ3n) is 3.88. The molecule has 1 saturated carbocycles. The maximum absolute atomic E-state index is 12.9. The molecular weight excluding hydrogens is 255 g/mol. The van der Waals surface area contributed by atoms with Gasteiger partial charge in [0.2, 0.25) is 0 Å². The molecular formula is C14H18F3NO. The van der Waals surface area contributed by atoms with Gasteiger partial charge in [-0.3, -0.25) is 0 Å². The van der Waals surface area contributed by atoms with Gasteiger partial charge in [-0.2, -0.15) is 13.2 Å². The summed E-state index contributed by atoms with van der Waals surface area (Å²) in [5.74, 6) is 0.0105. The summed E-state index contributed by atoms with van der Waals surface area (Å²) in [5, 5.41) is 10.2. The Morgan fingerprint density at radius 2 is 1.74 bits per heavy atom. The molecule has 0 unspecified atom stereocenters. The van der Waals surface area contributed by atoms with Crippen molar-refractivity contribution in [2.24, 2.45) is 11.7 Å². The summed E-state index contributed by atoms with van der Waals surface area (Å²) in [6.45, 7) is 0. The van der Waals surface area contributed by atoms with E-state index in [1.54, 1.807) is 0 Å². The zero-order valence-electron chi connectivity index (χ0n) is 10.5. The molecule has 0 aromatic heterocycles. The van der Waals surface area contributed by atoms with E-state index in [4.69, 9.17) is 5.73 Å². The van der Waals surface area contributed by atoms with Crippen molar-refractivity contribution in [3.05, 3.63) is 35.4 Å². The number of nitrogens with two attached hydrogens (primary N) is 1. The van der Waals surface area contributed by atoms with Gasteiger partial charge in [-0.05, 0) is 30.4 Å². The van der Waals surface area contributed by atoms with Crippen LogP contribution in [0.4, 0.5) is 13.2 Å². The Hall–Kier alpha value is -1.07. The number of hydrogen-bond acceptors (Lipinski definition) is 2. The third-order valence-corrected chi connectivity index (χ3v) is 3.88. The standard InChI is InChI=1S/C14H18F3NO/c15-14(16,17)11-8-4-3-7-10(11)12(18)13(19)9-5-1-2-6-9/h3-4,7-9,12-13,19H,1-2,5-6,18H2/t12-,13+/m1/s1. The van der Waals surface area contributed by atoms with Crippen LogP contribution < -0.4 is 5.73 Å². The van der Waals surface area contributed by atoms with Gasteiger partial charge < -0.3 is 10.8 Å². The predicted molar refractivity (Wildman–Crippen MR) is 66.3 cm³/mol. The molecule has 0 spiro atoms. The molecule has 1 fully saturated rings. The molecule has 2 atom stereocenters. The Kier molecular flexibility index (Phi) is 4.16. The molecule has 1 aliphatic rings. The summed E-state index contributed by atoms with van der Waals surface area (Å²) in [7, 11) is 0. The molecule has 5 heteroatoms. The zero-order valence-corrected chi connectivity index (χ0v) is 10.5. The summed E-state index contributed by atoms with van der Waals surface area (Å²) in [4.78, 5) is 0. The number of hydrogen-bond donors (Lipinski definition) is 2. The highest BCUT2D eigenvalue weighted by molar-refractivity contribution is 5.33. The van der Waals surface area contributed by atoms with Gasteiger partial charge in [-0.15, -0.1) is 0 Å². The van der Waals surface area contributed by atoms with Gasteiger partial charge in [0.15, 0.2) is 0 Å². The average molecular weight is 273 g/mol. The topological polar surface area (TPSA) is 46.2 Å². The second kappa shape index (κ2) is 5.51. The number of alkyl halides is 3. The fraction of sp³-hybridized carbons (Fsp3) is 0.571.